The standard InChI is InChI=1S/C20H22N4O/c25-20-17-14-16(21-13-11-15-6-2-1-3-7-15)9-10-18(17)23-24(20)19-8-4-5-12-22-19/h1-8,12,16,21,23H,9-11,13-14H2. The molecular weight excluding hydrogens is 312 g/mol. The fraction of sp³-hybridized carbons (Fsp3) is 0.300. The zero-order chi connectivity index (χ0) is 17.1. The molecule has 1 aliphatic carbocycles. The Hall–Kier alpha value is -2.66. The minimum Gasteiger partial charge on any atom is -0.313 e. The zero-order valence-corrected chi connectivity index (χ0v) is 14.1. The Labute approximate surface area is 146 Å². The van der Waals surface area contributed by atoms with Gasteiger partial charge in [-0.3, -0.25) is 9.89 Å². The summed E-state index contributed by atoms with van der Waals surface area (Å²) in [6.07, 6.45) is 5.43. The van der Waals surface area contributed by atoms with Crippen molar-refractivity contribution in [2.45, 2.75) is 31.7 Å². The van der Waals surface area contributed by atoms with Gasteiger partial charge in [0.05, 0.1) is 0 Å². The lowest BCUT2D eigenvalue weighted by Gasteiger charge is -2.22. The summed E-state index contributed by atoms with van der Waals surface area (Å²) in [5, 5.41) is 6.84. The molecular formula is C20H22N4O. The summed E-state index contributed by atoms with van der Waals surface area (Å²) in [4.78, 5) is 17.0. The van der Waals surface area contributed by atoms with E-state index < -0.39 is 0 Å². The maximum Gasteiger partial charge on any atom is 0.276 e. The highest BCUT2D eigenvalue weighted by atomic mass is 16.1. The third-order valence-corrected chi connectivity index (χ3v) is 4.83. The third-order valence-electron chi connectivity index (χ3n) is 4.83. The first-order valence-corrected chi connectivity index (χ1v) is 8.83. The fourth-order valence-corrected chi connectivity index (χ4v) is 3.49. The van der Waals surface area contributed by atoms with Crippen LogP contribution in [0.15, 0.2) is 59.5 Å². The molecule has 5 heteroatoms. The van der Waals surface area contributed by atoms with E-state index in [0.717, 1.165) is 43.5 Å². The van der Waals surface area contributed by atoms with E-state index in [1.807, 2.05) is 24.3 Å². The van der Waals surface area contributed by atoms with Gasteiger partial charge in [0.1, 0.15) is 0 Å². The van der Waals surface area contributed by atoms with Crippen LogP contribution >= 0.6 is 0 Å². The second-order valence-corrected chi connectivity index (χ2v) is 6.53. The van der Waals surface area contributed by atoms with Gasteiger partial charge in [-0.05, 0) is 49.9 Å². The molecule has 1 unspecified atom stereocenters. The average molecular weight is 334 g/mol. The topological polar surface area (TPSA) is 62.7 Å². The molecule has 25 heavy (non-hydrogen) atoms. The third kappa shape index (κ3) is 3.42. The predicted octanol–water partition coefficient (Wildman–Crippen LogP) is 2.25. The van der Waals surface area contributed by atoms with Gasteiger partial charge in [-0.15, -0.1) is 0 Å². The van der Waals surface area contributed by atoms with E-state index in [2.05, 4.69) is 39.7 Å². The smallest absolute Gasteiger partial charge is 0.276 e. The molecule has 2 aromatic heterocycles. The van der Waals surface area contributed by atoms with Crippen molar-refractivity contribution < 1.29 is 0 Å². The second kappa shape index (κ2) is 7.07. The molecule has 5 nitrogen and oxygen atoms in total. The molecule has 1 atom stereocenters. The van der Waals surface area contributed by atoms with Crippen LogP contribution in [0.1, 0.15) is 23.2 Å². The molecule has 0 bridgehead atoms. The molecule has 4 rings (SSSR count). The zero-order valence-electron chi connectivity index (χ0n) is 14.1. The van der Waals surface area contributed by atoms with E-state index in [1.54, 1.807) is 10.9 Å². The van der Waals surface area contributed by atoms with E-state index in [0.29, 0.717) is 11.9 Å². The number of aromatic amines is 1. The van der Waals surface area contributed by atoms with E-state index in [-0.39, 0.29) is 5.56 Å². The van der Waals surface area contributed by atoms with Gasteiger partial charge < -0.3 is 5.32 Å². The van der Waals surface area contributed by atoms with E-state index in [1.165, 1.54) is 5.56 Å². The maximum absolute atomic E-state index is 12.7. The molecule has 2 heterocycles. The number of fused-ring (bicyclic) bond motifs is 1. The van der Waals surface area contributed by atoms with Crippen LogP contribution in [0.2, 0.25) is 0 Å². The molecule has 128 valence electrons. The average Bonchev–Trinajstić information content (AvgIpc) is 3.00. The number of nitrogens with zero attached hydrogens (tertiary/aromatic N) is 2. The molecule has 0 saturated carbocycles. The molecule has 0 aliphatic heterocycles. The summed E-state index contributed by atoms with van der Waals surface area (Å²) in [5.41, 5.74) is 3.32. The van der Waals surface area contributed by atoms with Crippen molar-refractivity contribution in [1.82, 2.24) is 20.1 Å². The van der Waals surface area contributed by atoms with Crippen molar-refractivity contribution in [3.8, 4) is 5.82 Å². The number of hydrogen-bond acceptors (Lipinski definition) is 3. The van der Waals surface area contributed by atoms with Gasteiger partial charge in [-0.1, -0.05) is 36.4 Å². The second-order valence-electron chi connectivity index (χ2n) is 6.53. The summed E-state index contributed by atoms with van der Waals surface area (Å²) < 4.78 is 1.57. The van der Waals surface area contributed by atoms with Crippen molar-refractivity contribution in [3.05, 3.63) is 81.9 Å². The quantitative estimate of drug-likeness (QED) is 0.752. The minimum absolute atomic E-state index is 0.0308. The highest BCUT2D eigenvalue weighted by Crippen LogP contribution is 2.18. The number of aromatic nitrogens is 3. The van der Waals surface area contributed by atoms with Crippen LogP contribution < -0.4 is 10.9 Å². The predicted molar refractivity (Wildman–Crippen MR) is 98.1 cm³/mol. The summed E-state index contributed by atoms with van der Waals surface area (Å²) in [5.74, 6) is 0.649. The summed E-state index contributed by atoms with van der Waals surface area (Å²) in [6, 6.07) is 16.4. The lowest BCUT2D eigenvalue weighted by atomic mass is 9.93. The van der Waals surface area contributed by atoms with Gasteiger partial charge in [0.2, 0.25) is 0 Å². The highest BCUT2D eigenvalue weighted by Gasteiger charge is 2.24. The number of aryl methyl sites for hydroxylation is 1. The summed E-state index contributed by atoms with van der Waals surface area (Å²) in [7, 11) is 0. The van der Waals surface area contributed by atoms with Crippen LogP contribution in [0.4, 0.5) is 0 Å². The molecule has 2 N–H and O–H groups in total. The molecule has 3 aromatic rings. The normalized spacial score (nSPS) is 16.6. The van der Waals surface area contributed by atoms with Crippen LogP contribution in [0.3, 0.4) is 0 Å². The van der Waals surface area contributed by atoms with Gasteiger partial charge in [-0.25, -0.2) is 9.67 Å². The Kier molecular flexibility index (Phi) is 4.48. The number of pyridine rings is 1. The molecule has 0 amide bonds. The molecule has 0 radical (unpaired) electrons. The van der Waals surface area contributed by atoms with Crippen molar-refractivity contribution in [2.24, 2.45) is 0 Å². The summed E-state index contributed by atoms with van der Waals surface area (Å²) in [6.45, 7) is 0.933. The Balaban J connectivity index is 1.43. The number of benzene rings is 1. The van der Waals surface area contributed by atoms with Crippen molar-refractivity contribution in [2.75, 3.05) is 6.54 Å². The van der Waals surface area contributed by atoms with Gasteiger partial charge in [0.15, 0.2) is 5.82 Å². The Morgan fingerprint density at radius 1 is 1.16 bits per heavy atom. The first-order chi connectivity index (χ1) is 12.3. The Morgan fingerprint density at radius 3 is 2.80 bits per heavy atom. The Bertz CT molecular complexity index is 883. The number of nitrogens with one attached hydrogen (secondary N) is 2. The fourth-order valence-electron chi connectivity index (χ4n) is 3.49. The van der Waals surface area contributed by atoms with Gasteiger partial charge in [-0.2, -0.15) is 0 Å². The molecule has 1 aliphatic rings. The van der Waals surface area contributed by atoms with Crippen molar-refractivity contribution >= 4 is 0 Å². The van der Waals surface area contributed by atoms with Gasteiger partial charge in [0, 0.05) is 23.5 Å². The molecule has 0 saturated heterocycles. The monoisotopic (exact) mass is 334 g/mol. The van der Waals surface area contributed by atoms with Crippen LogP contribution in [0.25, 0.3) is 5.82 Å². The van der Waals surface area contributed by atoms with E-state index >= 15 is 0 Å². The van der Waals surface area contributed by atoms with Crippen molar-refractivity contribution in [3.63, 3.8) is 0 Å². The molecule has 1 aromatic carbocycles. The number of H-pyrrole nitrogens is 1. The molecule has 0 spiro atoms. The van der Waals surface area contributed by atoms with Crippen LogP contribution in [-0.4, -0.2) is 27.4 Å². The summed E-state index contributed by atoms with van der Waals surface area (Å²) >= 11 is 0. The van der Waals surface area contributed by atoms with Crippen LogP contribution in [0.5, 0.6) is 0 Å². The van der Waals surface area contributed by atoms with Crippen LogP contribution in [-0.2, 0) is 19.3 Å². The first kappa shape index (κ1) is 15.8. The minimum atomic E-state index is 0.0308. The number of hydrogen-bond donors (Lipinski definition) is 2. The lowest BCUT2D eigenvalue weighted by molar-refractivity contribution is 0.458. The van der Waals surface area contributed by atoms with E-state index in [9.17, 15) is 4.79 Å². The van der Waals surface area contributed by atoms with Crippen molar-refractivity contribution in [1.29, 1.82) is 0 Å². The van der Waals surface area contributed by atoms with Crippen LogP contribution in [0, 0.1) is 0 Å². The number of rotatable bonds is 5. The van der Waals surface area contributed by atoms with Gasteiger partial charge in [0.25, 0.3) is 5.56 Å². The Morgan fingerprint density at radius 2 is 2.00 bits per heavy atom. The highest BCUT2D eigenvalue weighted by molar-refractivity contribution is 5.28. The largest absolute Gasteiger partial charge is 0.313 e. The molecule has 0 fully saturated rings. The maximum atomic E-state index is 12.7. The lowest BCUT2D eigenvalue weighted by Crippen LogP contribution is -2.37. The van der Waals surface area contributed by atoms with Gasteiger partial charge >= 0.3 is 0 Å². The SMILES string of the molecule is O=c1c2c([nH]n1-c1ccccn1)CCC(NCCc1ccccc1)C2. The first-order valence-electron chi connectivity index (χ1n) is 8.83. The van der Waals surface area contributed by atoms with E-state index in [4.69, 9.17) is 0 Å².